The summed E-state index contributed by atoms with van der Waals surface area (Å²) < 4.78 is 9.97. The molecule has 0 aliphatic carbocycles. The molecule has 0 radical (unpaired) electrons. The van der Waals surface area contributed by atoms with Crippen molar-refractivity contribution in [1.29, 1.82) is 0 Å². The normalized spacial score (nSPS) is 10.1. The van der Waals surface area contributed by atoms with E-state index in [9.17, 15) is 9.59 Å². The van der Waals surface area contributed by atoms with Crippen LogP contribution in [0.25, 0.3) is 0 Å². The Hall–Kier alpha value is -2.47. The van der Waals surface area contributed by atoms with Gasteiger partial charge in [-0.2, -0.15) is 0 Å². The summed E-state index contributed by atoms with van der Waals surface area (Å²) in [7, 11) is 1.58. The number of anilines is 1. The summed E-state index contributed by atoms with van der Waals surface area (Å²) in [6, 6.07) is 14.2. The number of carbonyl (C=O) groups excluding carboxylic acids is 2. The van der Waals surface area contributed by atoms with Crippen molar-refractivity contribution in [3.63, 3.8) is 0 Å². The summed E-state index contributed by atoms with van der Waals surface area (Å²) in [6.07, 6.45) is 0. The summed E-state index contributed by atoms with van der Waals surface area (Å²) in [5.74, 6) is 0.480. The Labute approximate surface area is 145 Å². The molecule has 24 heavy (non-hydrogen) atoms. The van der Waals surface area contributed by atoms with Gasteiger partial charge in [-0.1, -0.05) is 6.07 Å². The molecule has 0 bridgehead atoms. The molecule has 0 heterocycles. The van der Waals surface area contributed by atoms with Crippen molar-refractivity contribution in [3.8, 4) is 5.75 Å². The molecule has 0 saturated carbocycles. The van der Waals surface area contributed by atoms with Crippen LogP contribution in [0.3, 0.4) is 0 Å². The van der Waals surface area contributed by atoms with E-state index in [1.54, 1.807) is 44.4 Å². The van der Waals surface area contributed by atoms with Crippen LogP contribution in [0.4, 0.5) is 5.69 Å². The Morgan fingerprint density at radius 3 is 2.54 bits per heavy atom. The number of thioether (sulfide) groups is 1. The van der Waals surface area contributed by atoms with Gasteiger partial charge in [0.15, 0.2) is 0 Å². The predicted octanol–water partition coefficient (Wildman–Crippen LogP) is 3.60. The van der Waals surface area contributed by atoms with Gasteiger partial charge in [0.25, 0.3) is 5.91 Å². The lowest BCUT2D eigenvalue weighted by Gasteiger charge is -2.08. The van der Waals surface area contributed by atoms with Gasteiger partial charge in [0, 0.05) is 16.1 Å². The molecule has 1 amide bonds. The molecule has 0 unspecified atom stereocenters. The van der Waals surface area contributed by atoms with Crippen LogP contribution in [0.15, 0.2) is 53.4 Å². The third-order valence-electron chi connectivity index (χ3n) is 3.11. The number of hydrogen-bond donors (Lipinski definition) is 1. The molecule has 6 heteroatoms. The molecule has 2 aromatic carbocycles. The first-order valence-electron chi connectivity index (χ1n) is 7.46. The number of benzene rings is 2. The number of ether oxygens (including phenoxy) is 2. The summed E-state index contributed by atoms with van der Waals surface area (Å²) in [4.78, 5) is 24.5. The van der Waals surface area contributed by atoms with Crippen molar-refractivity contribution in [3.05, 3.63) is 54.1 Å². The number of hydrogen-bond acceptors (Lipinski definition) is 5. The largest absolute Gasteiger partial charge is 0.497 e. The van der Waals surface area contributed by atoms with Gasteiger partial charge >= 0.3 is 5.97 Å². The smallest absolute Gasteiger partial charge is 0.316 e. The fourth-order valence-corrected chi connectivity index (χ4v) is 2.71. The van der Waals surface area contributed by atoms with Crippen molar-refractivity contribution in [2.45, 2.75) is 11.8 Å². The molecule has 0 fully saturated rings. The maximum Gasteiger partial charge on any atom is 0.316 e. The number of methoxy groups -OCH3 is 1. The molecular weight excluding hydrogens is 326 g/mol. The molecule has 0 atom stereocenters. The van der Waals surface area contributed by atoms with Crippen LogP contribution >= 0.6 is 11.8 Å². The second-order valence-corrected chi connectivity index (χ2v) is 5.85. The predicted molar refractivity (Wildman–Crippen MR) is 94.7 cm³/mol. The van der Waals surface area contributed by atoms with Crippen molar-refractivity contribution < 1.29 is 19.1 Å². The Morgan fingerprint density at radius 1 is 1.12 bits per heavy atom. The molecule has 1 N–H and O–H groups in total. The van der Waals surface area contributed by atoms with Gasteiger partial charge in [-0.25, -0.2) is 0 Å². The van der Waals surface area contributed by atoms with Crippen LogP contribution in [0.2, 0.25) is 0 Å². The van der Waals surface area contributed by atoms with E-state index in [-0.39, 0.29) is 17.6 Å². The minimum absolute atomic E-state index is 0.204. The summed E-state index contributed by atoms with van der Waals surface area (Å²) in [5.41, 5.74) is 1.21. The topological polar surface area (TPSA) is 64.6 Å². The standard InChI is InChI=1S/C18H19NO4S/c1-3-23-17(20)12-24-16-6-4-5-14(11-16)19-18(21)13-7-9-15(22-2)10-8-13/h4-11H,3,12H2,1-2H3,(H,19,21). The van der Waals surface area contributed by atoms with Crippen LogP contribution < -0.4 is 10.1 Å². The Balaban J connectivity index is 1.97. The lowest BCUT2D eigenvalue weighted by molar-refractivity contribution is -0.139. The highest BCUT2D eigenvalue weighted by molar-refractivity contribution is 8.00. The second-order valence-electron chi connectivity index (χ2n) is 4.80. The third-order valence-corrected chi connectivity index (χ3v) is 4.07. The van der Waals surface area contributed by atoms with E-state index in [0.717, 1.165) is 4.90 Å². The van der Waals surface area contributed by atoms with Crippen molar-refractivity contribution in [2.75, 3.05) is 24.8 Å². The SMILES string of the molecule is CCOC(=O)CSc1cccc(NC(=O)c2ccc(OC)cc2)c1. The van der Waals surface area contributed by atoms with Gasteiger partial charge in [-0.05, 0) is 49.4 Å². The zero-order chi connectivity index (χ0) is 17.4. The summed E-state index contributed by atoms with van der Waals surface area (Å²) >= 11 is 1.37. The molecule has 0 aliphatic rings. The first-order valence-corrected chi connectivity index (χ1v) is 8.45. The quantitative estimate of drug-likeness (QED) is 0.613. The van der Waals surface area contributed by atoms with Crippen molar-refractivity contribution in [2.24, 2.45) is 0 Å². The highest BCUT2D eigenvalue weighted by Crippen LogP contribution is 2.22. The molecule has 0 saturated heterocycles. The van der Waals surface area contributed by atoms with E-state index in [4.69, 9.17) is 9.47 Å². The lowest BCUT2D eigenvalue weighted by Crippen LogP contribution is -2.11. The second kappa shape index (κ2) is 8.98. The number of carbonyl (C=O) groups is 2. The van der Waals surface area contributed by atoms with Gasteiger partial charge in [-0.3, -0.25) is 9.59 Å². The minimum atomic E-state index is -0.254. The first-order chi connectivity index (χ1) is 11.6. The van der Waals surface area contributed by atoms with E-state index in [2.05, 4.69) is 5.32 Å². The zero-order valence-electron chi connectivity index (χ0n) is 13.6. The van der Waals surface area contributed by atoms with Gasteiger partial charge in [0.2, 0.25) is 0 Å². The number of rotatable bonds is 7. The molecule has 5 nitrogen and oxygen atoms in total. The fourth-order valence-electron chi connectivity index (χ4n) is 1.95. The Bertz CT molecular complexity index is 700. The third kappa shape index (κ3) is 5.31. The number of nitrogens with one attached hydrogen (secondary N) is 1. The monoisotopic (exact) mass is 345 g/mol. The Kier molecular flexibility index (Phi) is 6.69. The van der Waals surface area contributed by atoms with E-state index in [1.165, 1.54) is 11.8 Å². The maximum atomic E-state index is 12.2. The van der Waals surface area contributed by atoms with Crippen LogP contribution in [0, 0.1) is 0 Å². The number of esters is 1. The average molecular weight is 345 g/mol. The molecular formula is C18H19NO4S. The van der Waals surface area contributed by atoms with E-state index in [1.807, 2.05) is 18.2 Å². The van der Waals surface area contributed by atoms with Gasteiger partial charge in [-0.15, -0.1) is 11.8 Å². The number of amides is 1. The highest BCUT2D eigenvalue weighted by Gasteiger charge is 2.08. The molecule has 0 spiro atoms. The van der Waals surface area contributed by atoms with E-state index >= 15 is 0 Å². The van der Waals surface area contributed by atoms with Crippen LogP contribution in [-0.4, -0.2) is 31.3 Å². The summed E-state index contributed by atoms with van der Waals surface area (Å²) in [5, 5.41) is 2.84. The van der Waals surface area contributed by atoms with Crippen LogP contribution in [0.1, 0.15) is 17.3 Å². The van der Waals surface area contributed by atoms with E-state index in [0.29, 0.717) is 23.6 Å². The molecule has 2 aromatic rings. The van der Waals surface area contributed by atoms with Gasteiger partial charge < -0.3 is 14.8 Å². The molecule has 0 aromatic heterocycles. The van der Waals surface area contributed by atoms with Gasteiger partial charge in [0.1, 0.15) is 5.75 Å². The molecule has 0 aliphatic heterocycles. The molecule has 126 valence electrons. The van der Waals surface area contributed by atoms with Gasteiger partial charge in [0.05, 0.1) is 19.5 Å². The Morgan fingerprint density at radius 2 is 1.88 bits per heavy atom. The fraction of sp³-hybridized carbons (Fsp3) is 0.222. The van der Waals surface area contributed by atoms with Crippen LogP contribution in [-0.2, 0) is 9.53 Å². The minimum Gasteiger partial charge on any atom is -0.497 e. The first kappa shape index (κ1) is 17.9. The molecule has 2 rings (SSSR count). The van der Waals surface area contributed by atoms with Crippen molar-refractivity contribution >= 4 is 29.3 Å². The highest BCUT2D eigenvalue weighted by atomic mass is 32.2. The maximum absolute atomic E-state index is 12.2. The van der Waals surface area contributed by atoms with E-state index < -0.39 is 0 Å². The average Bonchev–Trinajstić information content (AvgIpc) is 2.60. The zero-order valence-corrected chi connectivity index (χ0v) is 14.4. The summed E-state index contributed by atoms with van der Waals surface area (Å²) in [6.45, 7) is 2.15. The van der Waals surface area contributed by atoms with Crippen molar-refractivity contribution in [1.82, 2.24) is 0 Å². The van der Waals surface area contributed by atoms with Crippen LogP contribution in [0.5, 0.6) is 5.75 Å². The lowest BCUT2D eigenvalue weighted by atomic mass is 10.2.